The number of sulfonamides is 1. The second kappa shape index (κ2) is 8.33. The van der Waals surface area contributed by atoms with Gasteiger partial charge in [-0.05, 0) is 44.1 Å². The lowest BCUT2D eigenvalue weighted by atomic mass is 10.0. The van der Waals surface area contributed by atoms with Gasteiger partial charge in [0.05, 0.1) is 13.2 Å². The summed E-state index contributed by atoms with van der Waals surface area (Å²) < 4.78 is 60.0. The lowest BCUT2D eigenvalue weighted by Gasteiger charge is -2.29. The average molecular weight is 396 g/mol. The Hall–Kier alpha value is -2.03. The molecule has 5 nitrogen and oxygen atoms in total. The molecule has 0 unspecified atom stereocenters. The van der Waals surface area contributed by atoms with Crippen molar-refractivity contribution in [3.63, 3.8) is 0 Å². The largest absolute Gasteiger partial charge is 0.496 e. The first kappa shape index (κ1) is 19.7. The highest BCUT2D eigenvalue weighted by Crippen LogP contribution is 2.31. The lowest BCUT2D eigenvalue weighted by molar-refractivity contribution is 0.240. The smallest absolute Gasteiger partial charge is 0.243 e. The molecule has 0 saturated carbocycles. The number of hydrogen-bond acceptors (Lipinski definition) is 4. The molecule has 8 heteroatoms. The standard InChI is InChI=1S/C19H22F2N2O3S/c1-26-18-7-3-2-6-15(18)17(23-10-4-5-11-23)13-22-27(24,25)19-9-8-14(20)12-16(19)21/h2-3,6-9,12,17,22H,4-5,10-11,13H2,1H3/t17-/m1/s1. The van der Waals surface area contributed by atoms with Crippen LogP contribution in [0.25, 0.3) is 0 Å². The lowest BCUT2D eigenvalue weighted by Crippen LogP contribution is -2.37. The molecule has 2 aromatic rings. The van der Waals surface area contributed by atoms with Gasteiger partial charge in [-0.1, -0.05) is 18.2 Å². The van der Waals surface area contributed by atoms with Gasteiger partial charge in [-0.15, -0.1) is 0 Å². The van der Waals surface area contributed by atoms with E-state index in [1.165, 1.54) is 0 Å². The minimum Gasteiger partial charge on any atom is -0.496 e. The molecule has 1 fully saturated rings. The second-order valence-electron chi connectivity index (χ2n) is 6.43. The SMILES string of the molecule is COc1ccccc1[C@@H](CNS(=O)(=O)c1ccc(F)cc1F)N1CCCC1. The molecule has 0 amide bonds. The average Bonchev–Trinajstić information content (AvgIpc) is 3.16. The molecule has 1 atom stereocenters. The van der Waals surface area contributed by atoms with Crippen LogP contribution in [-0.4, -0.2) is 40.1 Å². The van der Waals surface area contributed by atoms with Gasteiger partial charge in [-0.2, -0.15) is 0 Å². The van der Waals surface area contributed by atoms with Gasteiger partial charge in [0.2, 0.25) is 10.0 Å². The monoisotopic (exact) mass is 396 g/mol. The van der Waals surface area contributed by atoms with Crippen molar-refractivity contribution in [3.8, 4) is 5.75 Å². The predicted molar refractivity (Wildman–Crippen MR) is 98.1 cm³/mol. The normalized spacial score (nSPS) is 16.4. The number of nitrogens with zero attached hydrogens (tertiary/aromatic N) is 1. The van der Waals surface area contributed by atoms with Gasteiger partial charge in [-0.25, -0.2) is 21.9 Å². The number of nitrogens with one attached hydrogen (secondary N) is 1. The van der Waals surface area contributed by atoms with Crippen LogP contribution in [0.4, 0.5) is 8.78 Å². The summed E-state index contributed by atoms with van der Waals surface area (Å²) in [6.07, 6.45) is 2.07. The summed E-state index contributed by atoms with van der Waals surface area (Å²) in [5.41, 5.74) is 0.865. The van der Waals surface area contributed by atoms with Crippen LogP contribution < -0.4 is 9.46 Å². The Morgan fingerprint density at radius 1 is 1.15 bits per heavy atom. The summed E-state index contributed by atoms with van der Waals surface area (Å²) in [7, 11) is -2.55. The summed E-state index contributed by atoms with van der Waals surface area (Å²) in [4.78, 5) is 1.62. The molecular weight excluding hydrogens is 374 g/mol. The van der Waals surface area contributed by atoms with Crippen LogP contribution in [0.5, 0.6) is 5.75 Å². The van der Waals surface area contributed by atoms with Gasteiger partial charge in [0.25, 0.3) is 0 Å². The summed E-state index contributed by atoms with van der Waals surface area (Å²) in [6, 6.07) is 9.61. The Morgan fingerprint density at radius 2 is 1.85 bits per heavy atom. The molecule has 3 rings (SSSR count). The zero-order valence-electron chi connectivity index (χ0n) is 15.0. The maximum atomic E-state index is 13.9. The highest BCUT2D eigenvalue weighted by molar-refractivity contribution is 7.89. The molecule has 146 valence electrons. The number of para-hydroxylation sites is 1. The van der Waals surface area contributed by atoms with Crippen LogP contribution in [0.15, 0.2) is 47.4 Å². The van der Waals surface area contributed by atoms with Crippen LogP contribution >= 0.6 is 0 Å². The van der Waals surface area contributed by atoms with Crippen molar-refractivity contribution in [1.82, 2.24) is 9.62 Å². The van der Waals surface area contributed by atoms with Gasteiger partial charge >= 0.3 is 0 Å². The van der Waals surface area contributed by atoms with Gasteiger partial charge in [0, 0.05) is 18.2 Å². The van der Waals surface area contributed by atoms with E-state index >= 15 is 0 Å². The molecule has 0 spiro atoms. The minimum absolute atomic E-state index is 0.0551. The van der Waals surface area contributed by atoms with Crippen LogP contribution in [0.2, 0.25) is 0 Å². The summed E-state index contributed by atoms with van der Waals surface area (Å²) >= 11 is 0. The number of halogens is 2. The first-order valence-electron chi connectivity index (χ1n) is 8.74. The Labute approximate surface area is 158 Å². The number of likely N-dealkylation sites (tertiary alicyclic amines) is 1. The van der Waals surface area contributed by atoms with Crippen LogP contribution in [0.1, 0.15) is 24.4 Å². The third-order valence-corrected chi connectivity index (χ3v) is 6.19. The van der Waals surface area contributed by atoms with Crippen molar-refractivity contribution in [3.05, 3.63) is 59.7 Å². The predicted octanol–water partition coefficient (Wildman–Crippen LogP) is 3.09. The van der Waals surface area contributed by atoms with E-state index in [-0.39, 0.29) is 12.6 Å². The Kier molecular flexibility index (Phi) is 6.08. The molecule has 2 aromatic carbocycles. The molecular formula is C19H22F2N2O3S. The number of ether oxygens (including phenoxy) is 1. The minimum atomic E-state index is -4.12. The van der Waals surface area contributed by atoms with Crippen LogP contribution in [0.3, 0.4) is 0 Å². The van der Waals surface area contributed by atoms with E-state index in [1.807, 2.05) is 24.3 Å². The Morgan fingerprint density at radius 3 is 2.52 bits per heavy atom. The fourth-order valence-electron chi connectivity index (χ4n) is 3.39. The number of rotatable bonds is 7. The summed E-state index contributed by atoms with van der Waals surface area (Å²) in [5.74, 6) is -1.27. The maximum Gasteiger partial charge on any atom is 0.243 e. The Balaban J connectivity index is 1.86. The molecule has 1 saturated heterocycles. The number of methoxy groups -OCH3 is 1. The molecule has 0 aliphatic carbocycles. The molecule has 1 heterocycles. The van der Waals surface area contributed by atoms with E-state index < -0.39 is 26.6 Å². The van der Waals surface area contributed by atoms with Crippen LogP contribution in [-0.2, 0) is 10.0 Å². The summed E-state index contributed by atoms with van der Waals surface area (Å²) in [6.45, 7) is 1.74. The summed E-state index contributed by atoms with van der Waals surface area (Å²) in [5, 5.41) is 0. The highest BCUT2D eigenvalue weighted by atomic mass is 32.2. The van der Waals surface area contributed by atoms with Gasteiger partial charge in [0.15, 0.2) is 0 Å². The van der Waals surface area contributed by atoms with Crippen molar-refractivity contribution in [2.45, 2.75) is 23.8 Å². The van der Waals surface area contributed by atoms with Crippen molar-refractivity contribution >= 4 is 10.0 Å². The quantitative estimate of drug-likeness (QED) is 0.781. The third kappa shape index (κ3) is 4.45. The van der Waals surface area contributed by atoms with Crippen molar-refractivity contribution in [1.29, 1.82) is 0 Å². The van der Waals surface area contributed by atoms with Gasteiger partial charge < -0.3 is 4.74 Å². The maximum absolute atomic E-state index is 13.9. The van der Waals surface area contributed by atoms with E-state index in [4.69, 9.17) is 4.74 Å². The number of hydrogen-bond donors (Lipinski definition) is 1. The third-order valence-electron chi connectivity index (χ3n) is 4.73. The first-order chi connectivity index (χ1) is 12.9. The fourth-order valence-corrected chi connectivity index (χ4v) is 4.49. The zero-order valence-corrected chi connectivity index (χ0v) is 15.8. The van der Waals surface area contributed by atoms with Crippen molar-refractivity contribution in [2.75, 3.05) is 26.7 Å². The molecule has 27 heavy (non-hydrogen) atoms. The van der Waals surface area contributed by atoms with Crippen molar-refractivity contribution in [2.24, 2.45) is 0 Å². The van der Waals surface area contributed by atoms with Crippen LogP contribution in [0, 0.1) is 11.6 Å². The molecule has 0 radical (unpaired) electrons. The van der Waals surface area contributed by atoms with Crippen molar-refractivity contribution < 1.29 is 21.9 Å². The van der Waals surface area contributed by atoms with E-state index in [1.54, 1.807) is 7.11 Å². The van der Waals surface area contributed by atoms with E-state index in [9.17, 15) is 17.2 Å². The van der Waals surface area contributed by atoms with E-state index in [0.717, 1.165) is 43.6 Å². The topological polar surface area (TPSA) is 58.6 Å². The zero-order chi connectivity index (χ0) is 19.4. The van der Waals surface area contributed by atoms with E-state index in [0.29, 0.717) is 11.8 Å². The fraction of sp³-hybridized carbons (Fsp3) is 0.368. The van der Waals surface area contributed by atoms with Gasteiger partial charge in [-0.3, -0.25) is 4.90 Å². The van der Waals surface area contributed by atoms with E-state index in [2.05, 4.69) is 9.62 Å². The molecule has 0 bridgehead atoms. The molecule has 1 N–H and O–H groups in total. The highest BCUT2D eigenvalue weighted by Gasteiger charge is 2.28. The number of benzene rings is 2. The Bertz CT molecular complexity index is 900. The van der Waals surface area contributed by atoms with Gasteiger partial charge in [0.1, 0.15) is 22.3 Å². The molecule has 1 aliphatic heterocycles. The first-order valence-corrected chi connectivity index (χ1v) is 10.2. The second-order valence-corrected chi connectivity index (χ2v) is 8.16. The molecule has 1 aliphatic rings. The molecule has 0 aromatic heterocycles.